The monoisotopic (exact) mass is 347 g/mol. The summed E-state index contributed by atoms with van der Waals surface area (Å²) < 4.78 is 11.6. The Morgan fingerprint density at radius 2 is 1.95 bits per heavy atom. The van der Waals surface area contributed by atoms with Crippen molar-refractivity contribution in [1.82, 2.24) is 0 Å². The lowest BCUT2D eigenvalue weighted by Gasteiger charge is -2.14. The van der Waals surface area contributed by atoms with Crippen LogP contribution < -0.4 is 9.47 Å². The molecule has 1 unspecified atom stereocenters. The van der Waals surface area contributed by atoms with Gasteiger partial charge in [-0.05, 0) is 17.7 Å². The van der Waals surface area contributed by atoms with Crippen molar-refractivity contribution in [2.24, 2.45) is 0 Å². The summed E-state index contributed by atoms with van der Waals surface area (Å²) in [7, 11) is 1.52. The van der Waals surface area contributed by atoms with E-state index in [0.29, 0.717) is 28.1 Å². The Balaban J connectivity index is 2.24. The molecule has 0 aromatic heterocycles. The summed E-state index contributed by atoms with van der Waals surface area (Å²) in [5.41, 5.74) is 1.48. The second-order valence-electron chi connectivity index (χ2n) is 4.33. The van der Waals surface area contributed by atoms with Gasteiger partial charge in [-0.15, -0.1) is 0 Å². The molecule has 5 heteroatoms. The van der Waals surface area contributed by atoms with Crippen LogP contribution in [0.1, 0.15) is 17.2 Å². The van der Waals surface area contributed by atoms with E-state index >= 15 is 0 Å². The molecule has 0 saturated carbocycles. The lowest BCUT2D eigenvalue weighted by molar-refractivity contribution is 0.233. The Hall–Kier alpha value is -2.03. The van der Waals surface area contributed by atoms with Crippen molar-refractivity contribution in [1.29, 1.82) is 5.26 Å². The molecule has 2 rings (SSSR count). The molecular formula is C16H14BrNO3. The highest BCUT2D eigenvalue weighted by molar-refractivity contribution is 9.10. The van der Waals surface area contributed by atoms with E-state index in [1.54, 1.807) is 18.2 Å². The van der Waals surface area contributed by atoms with Crippen LogP contribution in [-0.4, -0.2) is 12.2 Å². The van der Waals surface area contributed by atoms with Gasteiger partial charge in [0.25, 0.3) is 0 Å². The molecule has 4 nitrogen and oxygen atoms in total. The van der Waals surface area contributed by atoms with Crippen LogP contribution in [0.4, 0.5) is 0 Å². The minimum Gasteiger partial charge on any atom is -0.493 e. The first-order valence-corrected chi connectivity index (χ1v) is 7.07. The zero-order valence-electron chi connectivity index (χ0n) is 11.4. The highest BCUT2D eigenvalue weighted by Gasteiger charge is 2.16. The second-order valence-corrected chi connectivity index (χ2v) is 5.18. The molecular weight excluding hydrogens is 334 g/mol. The third kappa shape index (κ3) is 3.75. The number of aliphatic hydroxyl groups excluding tert-OH is 1. The van der Waals surface area contributed by atoms with Gasteiger partial charge in [0.05, 0.1) is 13.2 Å². The molecule has 2 aromatic carbocycles. The zero-order chi connectivity index (χ0) is 15.2. The molecule has 0 heterocycles. The van der Waals surface area contributed by atoms with Crippen LogP contribution in [0.5, 0.6) is 11.5 Å². The number of benzene rings is 2. The molecule has 0 amide bonds. The fraction of sp³-hybridized carbons (Fsp3) is 0.188. The number of methoxy groups -OCH3 is 1. The normalized spacial score (nSPS) is 11.5. The summed E-state index contributed by atoms with van der Waals surface area (Å²) in [6.45, 7) is 0.407. The predicted molar refractivity (Wildman–Crippen MR) is 82.0 cm³/mol. The molecule has 0 spiro atoms. The fourth-order valence-electron chi connectivity index (χ4n) is 1.84. The standard InChI is InChI=1S/C16H14BrNO3/c1-20-15-7-12(14(19)9-18)13(17)8-16(15)21-10-11-5-3-2-4-6-11/h2-8,14,19H,10H2,1H3. The van der Waals surface area contributed by atoms with Crippen molar-refractivity contribution in [3.05, 3.63) is 58.1 Å². The van der Waals surface area contributed by atoms with Crippen molar-refractivity contribution in [3.63, 3.8) is 0 Å². The Bertz CT molecular complexity index is 653. The van der Waals surface area contributed by atoms with E-state index < -0.39 is 6.10 Å². The molecule has 0 fully saturated rings. The van der Waals surface area contributed by atoms with Crippen LogP contribution in [0.2, 0.25) is 0 Å². The van der Waals surface area contributed by atoms with Crippen LogP contribution in [-0.2, 0) is 6.61 Å². The van der Waals surface area contributed by atoms with Gasteiger partial charge in [0.15, 0.2) is 17.6 Å². The Kier molecular flexibility index (Phi) is 5.20. The van der Waals surface area contributed by atoms with Gasteiger partial charge in [-0.1, -0.05) is 46.3 Å². The summed E-state index contributed by atoms with van der Waals surface area (Å²) in [6.07, 6.45) is -1.21. The van der Waals surface area contributed by atoms with Crippen molar-refractivity contribution >= 4 is 15.9 Å². The highest BCUT2D eigenvalue weighted by atomic mass is 79.9. The topological polar surface area (TPSA) is 62.5 Å². The van der Waals surface area contributed by atoms with Gasteiger partial charge in [-0.25, -0.2) is 0 Å². The van der Waals surface area contributed by atoms with E-state index in [4.69, 9.17) is 14.7 Å². The van der Waals surface area contributed by atoms with Gasteiger partial charge in [0, 0.05) is 10.0 Å². The van der Waals surface area contributed by atoms with Crippen molar-refractivity contribution < 1.29 is 14.6 Å². The minimum absolute atomic E-state index is 0.407. The van der Waals surface area contributed by atoms with E-state index in [-0.39, 0.29) is 0 Å². The van der Waals surface area contributed by atoms with Gasteiger partial charge in [-0.2, -0.15) is 5.26 Å². The first-order valence-electron chi connectivity index (χ1n) is 6.27. The summed E-state index contributed by atoms with van der Waals surface area (Å²) in [5.74, 6) is 1.01. The molecule has 1 atom stereocenters. The molecule has 108 valence electrons. The lowest BCUT2D eigenvalue weighted by Crippen LogP contribution is -2.01. The molecule has 0 bridgehead atoms. The Morgan fingerprint density at radius 1 is 1.24 bits per heavy atom. The average Bonchev–Trinajstić information content (AvgIpc) is 2.53. The highest BCUT2D eigenvalue weighted by Crippen LogP contribution is 2.36. The molecule has 21 heavy (non-hydrogen) atoms. The summed E-state index contributed by atoms with van der Waals surface area (Å²) in [5, 5.41) is 18.4. The van der Waals surface area contributed by atoms with Gasteiger partial charge in [0.1, 0.15) is 6.61 Å². The lowest BCUT2D eigenvalue weighted by atomic mass is 10.1. The number of aliphatic hydroxyl groups is 1. The van der Waals surface area contributed by atoms with Crippen LogP contribution >= 0.6 is 15.9 Å². The maximum atomic E-state index is 9.64. The summed E-state index contributed by atoms with van der Waals surface area (Å²) in [6, 6.07) is 14.8. The molecule has 0 aliphatic rings. The minimum atomic E-state index is -1.21. The summed E-state index contributed by atoms with van der Waals surface area (Å²) >= 11 is 3.33. The average molecular weight is 348 g/mol. The number of halogens is 1. The molecule has 0 aliphatic heterocycles. The van der Waals surface area contributed by atoms with Crippen molar-refractivity contribution in [2.45, 2.75) is 12.7 Å². The number of nitriles is 1. The zero-order valence-corrected chi connectivity index (χ0v) is 13.0. The van der Waals surface area contributed by atoms with E-state index in [2.05, 4.69) is 15.9 Å². The largest absolute Gasteiger partial charge is 0.493 e. The van der Waals surface area contributed by atoms with E-state index in [1.807, 2.05) is 30.3 Å². The molecule has 0 aliphatic carbocycles. The maximum Gasteiger partial charge on any atom is 0.167 e. The van der Waals surface area contributed by atoms with Gasteiger partial charge >= 0.3 is 0 Å². The number of rotatable bonds is 5. The number of ether oxygens (including phenoxy) is 2. The van der Waals surface area contributed by atoms with Crippen LogP contribution in [0.15, 0.2) is 46.9 Å². The first kappa shape index (κ1) is 15.4. The van der Waals surface area contributed by atoms with E-state index in [0.717, 1.165) is 5.56 Å². The predicted octanol–water partition coefficient (Wildman–Crippen LogP) is 3.59. The number of nitrogens with zero attached hydrogens (tertiary/aromatic N) is 1. The quantitative estimate of drug-likeness (QED) is 0.839. The van der Waals surface area contributed by atoms with Crippen molar-refractivity contribution in [2.75, 3.05) is 7.11 Å². The first-order chi connectivity index (χ1) is 10.2. The van der Waals surface area contributed by atoms with E-state index in [9.17, 15) is 5.11 Å². The smallest absolute Gasteiger partial charge is 0.167 e. The van der Waals surface area contributed by atoms with E-state index in [1.165, 1.54) is 7.11 Å². The molecule has 2 aromatic rings. The fourth-order valence-corrected chi connectivity index (χ4v) is 2.38. The Morgan fingerprint density at radius 3 is 2.57 bits per heavy atom. The summed E-state index contributed by atoms with van der Waals surface area (Å²) in [4.78, 5) is 0. The molecule has 0 radical (unpaired) electrons. The van der Waals surface area contributed by atoms with Gasteiger partial charge < -0.3 is 14.6 Å². The van der Waals surface area contributed by atoms with Gasteiger partial charge in [0.2, 0.25) is 0 Å². The van der Waals surface area contributed by atoms with Crippen molar-refractivity contribution in [3.8, 4) is 17.6 Å². The molecule has 0 saturated heterocycles. The van der Waals surface area contributed by atoms with Crippen LogP contribution in [0.3, 0.4) is 0 Å². The Labute approximate surface area is 131 Å². The third-order valence-corrected chi connectivity index (χ3v) is 3.62. The van der Waals surface area contributed by atoms with Gasteiger partial charge in [-0.3, -0.25) is 0 Å². The number of hydrogen-bond acceptors (Lipinski definition) is 4. The SMILES string of the molecule is COc1cc(C(O)C#N)c(Br)cc1OCc1ccccc1. The number of hydrogen-bond donors (Lipinski definition) is 1. The second kappa shape index (κ2) is 7.11. The van der Waals surface area contributed by atoms with Crippen LogP contribution in [0.25, 0.3) is 0 Å². The maximum absolute atomic E-state index is 9.64. The molecule has 1 N–H and O–H groups in total. The van der Waals surface area contributed by atoms with Crippen LogP contribution in [0, 0.1) is 11.3 Å². The third-order valence-electron chi connectivity index (χ3n) is 2.94.